The molecule has 0 saturated heterocycles. The van der Waals surface area contributed by atoms with Gasteiger partial charge >= 0.3 is 0 Å². The van der Waals surface area contributed by atoms with Crippen molar-refractivity contribution in [1.29, 1.82) is 0 Å². The van der Waals surface area contributed by atoms with Crippen molar-refractivity contribution in [3.8, 4) is 5.88 Å². The van der Waals surface area contributed by atoms with Crippen LogP contribution in [0.15, 0.2) is 6.07 Å². The lowest BCUT2D eigenvalue weighted by atomic mass is 10.2. The second kappa shape index (κ2) is 7.28. The number of ether oxygens (including phenoxy) is 1. The molecule has 0 bridgehead atoms. The second-order valence-electron chi connectivity index (χ2n) is 5.17. The predicted octanol–water partition coefficient (Wildman–Crippen LogP) is 2.12. The number of hydrogen-bond donors (Lipinski definition) is 1. The Bertz CT molecular complexity index is 385. The van der Waals surface area contributed by atoms with Gasteiger partial charge < -0.3 is 10.5 Å². The first kappa shape index (κ1) is 15.7. The van der Waals surface area contributed by atoms with Crippen LogP contribution in [0.2, 0.25) is 0 Å². The molecule has 0 aliphatic heterocycles. The van der Waals surface area contributed by atoms with E-state index in [0.29, 0.717) is 30.4 Å². The molecule has 0 aliphatic carbocycles. The van der Waals surface area contributed by atoms with Crippen LogP contribution in [-0.4, -0.2) is 40.1 Å². The molecule has 0 spiro atoms. The third-order valence-electron chi connectivity index (χ3n) is 3.01. The van der Waals surface area contributed by atoms with Crippen LogP contribution in [0.4, 0.5) is 5.82 Å². The molecule has 0 radical (unpaired) electrons. The number of nitrogen functional groups attached to an aromatic ring is 1. The van der Waals surface area contributed by atoms with E-state index in [4.69, 9.17) is 10.5 Å². The first-order valence-corrected chi connectivity index (χ1v) is 6.96. The first-order chi connectivity index (χ1) is 8.93. The average molecular weight is 266 g/mol. The Labute approximate surface area is 116 Å². The summed E-state index contributed by atoms with van der Waals surface area (Å²) in [7, 11) is 0. The average Bonchev–Trinajstić information content (AvgIpc) is 2.32. The Morgan fingerprint density at radius 3 is 2.37 bits per heavy atom. The van der Waals surface area contributed by atoms with Crippen molar-refractivity contribution in [2.45, 2.75) is 53.1 Å². The first-order valence-electron chi connectivity index (χ1n) is 6.96. The molecule has 0 saturated carbocycles. The van der Waals surface area contributed by atoms with Gasteiger partial charge in [-0.2, -0.15) is 4.98 Å². The summed E-state index contributed by atoms with van der Waals surface area (Å²) in [4.78, 5) is 10.8. The van der Waals surface area contributed by atoms with E-state index in [0.717, 1.165) is 18.8 Å². The molecule has 19 heavy (non-hydrogen) atoms. The maximum Gasteiger partial charge on any atom is 0.218 e. The van der Waals surface area contributed by atoms with E-state index in [1.165, 1.54) is 0 Å². The SMILES string of the molecule is CCc1nc(N)cc(OCCN(C(C)C)C(C)C)n1. The van der Waals surface area contributed by atoms with Gasteiger partial charge in [0.1, 0.15) is 18.2 Å². The van der Waals surface area contributed by atoms with Crippen molar-refractivity contribution in [1.82, 2.24) is 14.9 Å². The summed E-state index contributed by atoms with van der Waals surface area (Å²) in [5.41, 5.74) is 5.72. The minimum Gasteiger partial charge on any atom is -0.476 e. The van der Waals surface area contributed by atoms with Crippen LogP contribution in [-0.2, 0) is 6.42 Å². The van der Waals surface area contributed by atoms with E-state index in [-0.39, 0.29) is 0 Å². The van der Waals surface area contributed by atoms with Crippen LogP contribution >= 0.6 is 0 Å². The van der Waals surface area contributed by atoms with Crippen molar-refractivity contribution in [3.05, 3.63) is 11.9 Å². The standard InChI is InChI=1S/C14H26N4O/c1-6-13-16-12(15)9-14(17-13)19-8-7-18(10(2)3)11(4)5/h9-11H,6-8H2,1-5H3,(H2,15,16,17). The molecule has 1 aromatic rings. The normalized spacial score (nSPS) is 11.6. The summed E-state index contributed by atoms with van der Waals surface area (Å²) in [5.74, 6) is 1.75. The maximum atomic E-state index is 5.72. The third-order valence-corrected chi connectivity index (χ3v) is 3.01. The fourth-order valence-electron chi connectivity index (χ4n) is 2.09. The molecule has 0 atom stereocenters. The van der Waals surface area contributed by atoms with Gasteiger partial charge in [0.25, 0.3) is 0 Å². The highest BCUT2D eigenvalue weighted by molar-refractivity contribution is 5.32. The molecule has 0 aromatic carbocycles. The van der Waals surface area contributed by atoms with Crippen molar-refractivity contribution >= 4 is 5.82 Å². The van der Waals surface area contributed by atoms with E-state index < -0.39 is 0 Å². The Morgan fingerprint density at radius 1 is 1.21 bits per heavy atom. The van der Waals surface area contributed by atoms with E-state index in [1.807, 2.05) is 6.92 Å². The fourth-order valence-corrected chi connectivity index (χ4v) is 2.09. The largest absolute Gasteiger partial charge is 0.476 e. The van der Waals surface area contributed by atoms with Gasteiger partial charge in [0.2, 0.25) is 5.88 Å². The maximum absolute atomic E-state index is 5.72. The lowest BCUT2D eigenvalue weighted by Crippen LogP contribution is -2.39. The highest BCUT2D eigenvalue weighted by Crippen LogP contribution is 2.12. The minimum absolute atomic E-state index is 0.464. The number of rotatable bonds is 7. The Balaban J connectivity index is 2.55. The molecule has 1 rings (SSSR count). The molecule has 5 nitrogen and oxygen atoms in total. The van der Waals surface area contributed by atoms with Gasteiger partial charge in [0.15, 0.2) is 0 Å². The summed E-state index contributed by atoms with van der Waals surface area (Å²) in [6, 6.07) is 2.68. The third kappa shape index (κ3) is 5.03. The molecule has 0 fully saturated rings. The Hall–Kier alpha value is -1.36. The van der Waals surface area contributed by atoms with E-state index >= 15 is 0 Å². The van der Waals surface area contributed by atoms with E-state index in [2.05, 4.69) is 42.6 Å². The number of hydrogen-bond acceptors (Lipinski definition) is 5. The van der Waals surface area contributed by atoms with Gasteiger partial charge in [0.05, 0.1) is 0 Å². The lowest BCUT2D eigenvalue weighted by Gasteiger charge is -2.30. The van der Waals surface area contributed by atoms with E-state index in [9.17, 15) is 0 Å². The molecule has 1 aromatic heterocycles. The molecule has 5 heteroatoms. The van der Waals surface area contributed by atoms with Gasteiger partial charge in [-0.15, -0.1) is 0 Å². The molecule has 0 unspecified atom stereocenters. The molecule has 0 aliphatic rings. The van der Waals surface area contributed by atoms with Gasteiger partial charge in [-0.3, -0.25) is 4.90 Å². The number of nitrogens with two attached hydrogens (primary N) is 1. The lowest BCUT2D eigenvalue weighted by molar-refractivity contribution is 0.140. The van der Waals surface area contributed by atoms with Crippen LogP contribution in [0.5, 0.6) is 5.88 Å². The zero-order valence-corrected chi connectivity index (χ0v) is 12.7. The van der Waals surface area contributed by atoms with E-state index in [1.54, 1.807) is 6.07 Å². The molecule has 2 N–H and O–H groups in total. The number of anilines is 1. The van der Waals surface area contributed by atoms with Gasteiger partial charge in [-0.1, -0.05) is 6.92 Å². The van der Waals surface area contributed by atoms with Crippen LogP contribution < -0.4 is 10.5 Å². The quantitative estimate of drug-likeness (QED) is 0.819. The highest BCUT2D eigenvalue weighted by atomic mass is 16.5. The van der Waals surface area contributed by atoms with Crippen molar-refractivity contribution in [2.24, 2.45) is 0 Å². The summed E-state index contributed by atoms with van der Waals surface area (Å²) < 4.78 is 5.69. The molecular weight excluding hydrogens is 240 g/mol. The van der Waals surface area contributed by atoms with Gasteiger partial charge in [-0.05, 0) is 27.7 Å². The number of aromatic nitrogens is 2. The summed E-state index contributed by atoms with van der Waals surface area (Å²) >= 11 is 0. The van der Waals surface area contributed by atoms with Crippen LogP contribution in [0.25, 0.3) is 0 Å². The molecular formula is C14H26N4O. The zero-order valence-electron chi connectivity index (χ0n) is 12.7. The van der Waals surface area contributed by atoms with Crippen LogP contribution in [0.3, 0.4) is 0 Å². The fraction of sp³-hybridized carbons (Fsp3) is 0.714. The smallest absolute Gasteiger partial charge is 0.218 e. The van der Waals surface area contributed by atoms with Crippen molar-refractivity contribution in [2.75, 3.05) is 18.9 Å². The molecule has 1 heterocycles. The number of aryl methyl sites for hydroxylation is 1. The highest BCUT2D eigenvalue weighted by Gasteiger charge is 2.13. The minimum atomic E-state index is 0.464. The van der Waals surface area contributed by atoms with Crippen LogP contribution in [0, 0.1) is 0 Å². The number of nitrogens with zero attached hydrogens (tertiary/aromatic N) is 3. The van der Waals surface area contributed by atoms with Gasteiger partial charge in [-0.25, -0.2) is 4.98 Å². The molecule has 108 valence electrons. The van der Waals surface area contributed by atoms with Crippen molar-refractivity contribution in [3.63, 3.8) is 0 Å². The van der Waals surface area contributed by atoms with Crippen LogP contribution in [0.1, 0.15) is 40.4 Å². The van der Waals surface area contributed by atoms with Gasteiger partial charge in [0, 0.05) is 31.1 Å². The Morgan fingerprint density at radius 2 is 1.84 bits per heavy atom. The monoisotopic (exact) mass is 266 g/mol. The summed E-state index contributed by atoms with van der Waals surface area (Å²) in [5, 5.41) is 0. The Kier molecular flexibility index (Phi) is 6.02. The topological polar surface area (TPSA) is 64.3 Å². The second-order valence-corrected chi connectivity index (χ2v) is 5.17. The van der Waals surface area contributed by atoms with Crippen molar-refractivity contribution < 1.29 is 4.74 Å². The summed E-state index contributed by atoms with van der Waals surface area (Å²) in [6.07, 6.45) is 0.755. The molecule has 0 amide bonds. The summed E-state index contributed by atoms with van der Waals surface area (Å²) in [6.45, 7) is 12.2. The zero-order chi connectivity index (χ0) is 14.4. The predicted molar refractivity (Wildman–Crippen MR) is 78.3 cm³/mol.